The zero-order valence-electron chi connectivity index (χ0n) is 15.9. The number of nitrogens with one attached hydrogen (secondary N) is 2. The molecule has 2 aromatic carbocycles. The van der Waals surface area contributed by atoms with Crippen LogP contribution < -0.4 is 15.4 Å². The van der Waals surface area contributed by atoms with Crippen molar-refractivity contribution in [3.63, 3.8) is 0 Å². The Morgan fingerprint density at radius 1 is 1.15 bits per heavy atom. The summed E-state index contributed by atoms with van der Waals surface area (Å²) < 4.78 is 5.23. The number of anilines is 2. The third kappa shape index (κ3) is 2.69. The van der Waals surface area contributed by atoms with Crippen LogP contribution in [0.4, 0.5) is 11.4 Å². The number of piperidine rings is 1. The van der Waals surface area contributed by atoms with Gasteiger partial charge in [0.1, 0.15) is 11.5 Å². The van der Waals surface area contributed by atoms with Gasteiger partial charge in [0.2, 0.25) is 0 Å². The van der Waals surface area contributed by atoms with E-state index in [4.69, 9.17) is 4.74 Å². The van der Waals surface area contributed by atoms with Crippen LogP contribution in [0.2, 0.25) is 0 Å². The summed E-state index contributed by atoms with van der Waals surface area (Å²) in [4.78, 5) is 0. The summed E-state index contributed by atoms with van der Waals surface area (Å²) in [6, 6.07) is 12.6. The summed E-state index contributed by atoms with van der Waals surface area (Å²) in [6.07, 6.45) is 7.53. The van der Waals surface area contributed by atoms with Gasteiger partial charge in [-0.1, -0.05) is 12.8 Å². The first kappa shape index (κ1) is 16.9. The fourth-order valence-electron chi connectivity index (χ4n) is 5.90. The second kappa shape index (κ2) is 6.45. The van der Waals surface area contributed by atoms with Crippen molar-refractivity contribution in [1.29, 1.82) is 0 Å². The van der Waals surface area contributed by atoms with Crippen LogP contribution >= 0.6 is 0 Å². The molecule has 1 saturated heterocycles. The predicted molar refractivity (Wildman–Crippen MR) is 108 cm³/mol. The van der Waals surface area contributed by atoms with Crippen LogP contribution in [-0.4, -0.2) is 24.8 Å². The van der Waals surface area contributed by atoms with Gasteiger partial charge < -0.3 is 20.5 Å². The first-order valence-electron chi connectivity index (χ1n) is 10.2. The lowest BCUT2D eigenvalue weighted by molar-refractivity contribution is 0.0796. The van der Waals surface area contributed by atoms with Gasteiger partial charge in [-0.05, 0) is 85.7 Å². The molecule has 2 fully saturated rings. The molecule has 142 valence electrons. The van der Waals surface area contributed by atoms with Crippen LogP contribution in [0.25, 0.3) is 0 Å². The third-order valence-electron chi connectivity index (χ3n) is 7.13. The summed E-state index contributed by atoms with van der Waals surface area (Å²) >= 11 is 0. The van der Waals surface area contributed by atoms with Crippen molar-refractivity contribution in [3.8, 4) is 11.5 Å². The number of ether oxygens (including phenoxy) is 1. The minimum atomic E-state index is 0.276. The number of phenols is 1. The van der Waals surface area contributed by atoms with E-state index in [0.29, 0.717) is 11.8 Å². The second-order valence-electron chi connectivity index (χ2n) is 8.40. The van der Waals surface area contributed by atoms with Gasteiger partial charge in [0.05, 0.1) is 12.8 Å². The topological polar surface area (TPSA) is 53.5 Å². The van der Waals surface area contributed by atoms with Crippen molar-refractivity contribution in [1.82, 2.24) is 5.32 Å². The predicted octanol–water partition coefficient (Wildman–Crippen LogP) is 4.49. The zero-order chi connectivity index (χ0) is 18.4. The Kier molecular flexibility index (Phi) is 4.05. The molecule has 4 nitrogen and oxygen atoms in total. The number of methoxy groups -OCH3 is 1. The maximum absolute atomic E-state index is 10.8. The summed E-state index contributed by atoms with van der Waals surface area (Å²) in [5.41, 5.74) is 4.84. The van der Waals surface area contributed by atoms with Gasteiger partial charge in [-0.3, -0.25) is 0 Å². The molecule has 2 bridgehead atoms. The van der Waals surface area contributed by atoms with E-state index in [-0.39, 0.29) is 5.41 Å². The summed E-state index contributed by atoms with van der Waals surface area (Å²) in [6.45, 7) is 1.10. The molecule has 1 aliphatic heterocycles. The third-order valence-corrected chi connectivity index (χ3v) is 7.13. The van der Waals surface area contributed by atoms with Gasteiger partial charge >= 0.3 is 0 Å². The Bertz CT molecular complexity index is 844. The molecule has 0 spiro atoms. The molecule has 2 aromatic rings. The fourth-order valence-corrected chi connectivity index (χ4v) is 5.90. The average molecular weight is 364 g/mol. The summed E-state index contributed by atoms with van der Waals surface area (Å²) in [5, 5.41) is 18.0. The number of hydrogen-bond acceptors (Lipinski definition) is 4. The maximum atomic E-state index is 10.8. The highest BCUT2D eigenvalue weighted by Gasteiger charge is 2.51. The van der Waals surface area contributed by atoms with Gasteiger partial charge in [0.15, 0.2) is 0 Å². The van der Waals surface area contributed by atoms with Crippen LogP contribution in [-0.2, 0) is 11.8 Å². The van der Waals surface area contributed by atoms with Crippen LogP contribution in [0.15, 0.2) is 36.4 Å². The van der Waals surface area contributed by atoms with E-state index in [2.05, 4.69) is 22.8 Å². The lowest BCUT2D eigenvalue weighted by Crippen LogP contribution is -2.59. The molecule has 0 amide bonds. The minimum Gasteiger partial charge on any atom is -0.506 e. The van der Waals surface area contributed by atoms with Gasteiger partial charge in [0.25, 0.3) is 0 Å². The molecule has 27 heavy (non-hydrogen) atoms. The van der Waals surface area contributed by atoms with Gasteiger partial charge in [-0.15, -0.1) is 0 Å². The molecule has 0 aromatic heterocycles. The van der Waals surface area contributed by atoms with Crippen LogP contribution in [0, 0.1) is 5.92 Å². The normalized spacial score (nSPS) is 28.8. The number of aromatic hydroxyl groups is 1. The highest BCUT2D eigenvalue weighted by Crippen LogP contribution is 2.55. The molecular weight excluding hydrogens is 336 g/mol. The highest BCUT2D eigenvalue weighted by molar-refractivity contribution is 5.69. The van der Waals surface area contributed by atoms with Gasteiger partial charge in [-0.2, -0.15) is 0 Å². The number of benzene rings is 2. The molecule has 1 heterocycles. The standard InChI is InChI=1S/C23H28N2O2/c1-27-17-7-5-16(6-8-17)25-21-13-15-12-20-18-4-2-3-9-23(18,10-11-24-20)19(15)14-22(21)26/h5-8,13-14,18,20,24-26H,2-4,9-12H2,1H3/t18-,20+,23+/m0/s1. The van der Waals surface area contributed by atoms with E-state index in [1.807, 2.05) is 24.3 Å². The Morgan fingerprint density at radius 3 is 2.81 bits per heavy atom. The quantitative estimate of drug-likeness (QED) is 0.703. The van der Waals surface area contributed by atoms with Crippen molar-refractivity contribution < 1.29 is 9.84 Å². The molecule has 0 radical (unpaired) electrons. The van der Waals surface area contributed by atoms with Crippen molar-refractivity contribution in [2.24, 2.45) is 5.92 Å². The molecule has 3 N–H and O–H groups in total. The summed E-state index contributed by atoms with van der Waals surface area (Å²) in [7, 11) is 1.67. The fraction of sp³-hybridized carbons (Fsp3) is 0.478. The zero-order valence-corrected chi connectivity index (χ0v) is 15.9. The largest absolute Gasteiger partial charge is 0.506 e. The minimum absolute atomic E-state index is 0.276. The van der Waals surface area contributed by atoms with E-state index in [1.54, 1.807) is 7.11 Å². The molecule has 3 atom stereocenters. The van der Waals surface area contributed by atoms with Gasteiger partial charge in [0, 0.05) is 17.1 Å². The monoisotopic (exact) mass is 364 g/mol. The lowest BCUT2D eigenvalue weighted by Gasteiger charge is -2.56. The molecular formula is C23H28N2O2. The number of phenolic OH excluding ortho intramolecular Hbond substituents is 1. The van der Waals surface area contributed by atoms with E-state index < -0.39 is 0 Å². The van der Waals surface area contributed by atoms with Crippen LogP contribution in [0.3, 0.4) is 0 Å². The van der Waals surface area contributed by atoms with Gasteiger partial charge in [-0.25, -0.2) is 0 Å². The Labute approximate surface area is 160 Å². The Hall–Kier alpha value is -2.20. The SMILES string of the molecule is COc1ccc(Nc2cc3c(cc2O)[C@@]24CCCC[C@H]2[C@@H](C3)NCC4)cc1. The molecule has 1 saturated carbocycles. The maximum Gasteiger partial charge on any atom is 0.139 e. The smallest absolute Gasteiger partial charge is 0.139 e. The Morgan fingerprint density at radius 2 is 2.00 bits per heavy atom. The summed E-state index contributed by atoms with van der Waals surface area (Å²) in [5.74, 6) is 1.92. The molecule has 2 aliphatic carbocycles. The molecule has 5 rings (SSSR count). The Balaban J connectivity index is 1.51. The molecule has 4 heteroatoms. The first-order valence-corrected chi connectivity index (χ1v) is 10.2. The number of hydrogen-bond donors (Lipinski definition) is 3. The number of fused-ring (bicyclic) bond motifs is 1. The van der Waals surface area contributed by atoms with Crippen LogP contribution in [0.5, 0.6) is 11.5 Å². The second-order valence-corrected chi connectivity index (χ2v) is 8.40. The molecule has 3 aliphatic rings. The first-order chi connectivity index (χ1) is 13.2. The van der Waals surface area contributed by atoms with E-state index in [9.17, 15) is 5.11 Å². The average Bonchev–Trinajstić information content (AvgIpc) is 2.70. The van der Waals surface area contributed by atoms with Crippen molar-refractivity contribution in [3.05, 3.63) is 47.5 Å². The number of rotatable bonds is 3. The highest BCUT2D eigenvalue weighted by atomic mass is 16.5. The van der Waals surface area contributed by atoms with E-state index in [1.165, 1.54) is 43.2 Å². The van der Waals surface area contributed by atoms with Crippen molar-refractivity contribution in [2.45, 2.75) is 50.0 Å². The molecule has 0 unspecified atom stereocenters. The lowest BCUT2D eigenvalue weighted by atomic mass is 9.53. The van der Waals surface area contributed by atoms with Crippen molar-refractivity contribution in [2.75, 3.05) is 19.0 Å². The van der Waals surface area contributed by atoms with E-state index >= 15 is 0 Å². The van der Waals surface area contributed by atoms with E-state index in [0.717, 1.165) is 36.0 Å². The van der Waals surface area contributed by atoms with Crippen LogP contribution in [0.1, 0.15) is 43.2 Å². The van der Waals surface area contributed by atoms with Crippen molar-refractivity contribution >= 4 is 11.4 Å².